The second-order valence-electron chi connectivity index (χ2n) is 5.06. The van der Waals surface area contributed by atoms with Gasteiger partial charge in [-0.3, -0.25) is 14.7 Å². The summed E-state index contributed by atoms with van der Waals surface area (Å²) in [5.74, 6) is -0.758. The van der Waals surface area contributed by atoms with E-state index in [-0.39, 0.29) is 15.5 Å². The van der Waals surface area contributed by atoms with Crippen LogP contribution in [-0.2, 0) is 24.8 Å². The third-order valence-corrected chi connectivity index (χ3v) is 5.45. The van der Waals surface area contributed by atoms with Crippen LogP contribution in [0.1, 0.15) is 19.4 Å². The molecule has 0 aromatic heterocycles. The normalized spacial score (nSPS) is 11.4. The number of nitrogens with one attached hydrogen (secondary N) is 2. The smallest absolute Gasteiger partial charge is 0.267 e. The fourth-order valence-corrected chi connectivity index (χ4v) is 3.55. The summed E-state index contributed by atoms with van der Waals surface area (Å²) in [6.45, 7) is 4.00. The molecule has 0 bridgehead atoms. The largest absolute Gasteiger partial charge is 0.288 e. The number of anilines is 1. The van der Waals surface area contributed by atoms with E-state index in [1.807, 2.05) is 13.8 Å². The molecule has 2 rings (SSSR count). The van der Waals surface area contributed by atoms with Crippen LogP contribution in [0.15, 0.2) is 64.4 Å². The quantitative estimate of drug-likeness (QED) is 0.312. The lowest BCUT2D eigenvalue weighted by atomic mass is 10.2. The summed E-state index contributed by atoms with van der Waals surface area (Å²) in [7, 11) is -7.81. The van der Waals surface area contributed by atoms with Crippen molar-refractivity contribution in [3.8, 4) is 0 Å². The molecule has 1 amide bonds. The molecule has 9 nitrogen and oxygen atoms in total. The summed E-state index contributed by atoms with van der Waals surface area (Å²) in [4.78, 5) is 10.8. The number of hydrogen-bond donors (Lipinski definition) is 4. The van der Waals surface area contributed by atoms with Crippen molar-refractivity contribution in [1.29, 1.82) is 0 Å². The van der Waals surface area contributed by atoms with Gasteiger partial charge in [-0.1, -0.05) is 26.0 Å². The van der Waals surface area contributed by atoms with Gasteiger partial charge in [0, 0.05) is 11.8 Å². The van der Waals surface area contributed by atoms with Gasteiger partial charge in [0.15, 0.2) is 0 Å². The van der Waals surface area contributed by atoms with E-state index in [0.717, 1.165) is 6.08 Å². The number of benzene rings is 2. The van der Waals surface area contributed by atoms with Crippen LogP contribution >= 0.6 is 0 Å². The van der Waals surface area contributed by atoms with Crippen molar-refractivity contribution < 1.29 is 26.8 Å². The zero-order valence-corrected chi connectivity index (χ0v) is 16.8. The molecular weight excluding hydrogens is 406 g/mol. The Kier molecular flexibility index (Phi) is 8.32. The van der Waals surface area contributed by atoms with Gasteiger partial charge >= 0.3 is 0 Å². The number of rotatable bonds is 6. The van der Waals surface area contributed by atoms with Gasteiger partial charge in [0.2, 0.25) is 10.0 Å². The Morgan fingerprint density at radius 3 is 2.14 bits per heavy atom. The highest BCUT2D eigenvalue weighted by atomic mass is 32.2. The van der Waals surface area contributed by atoms with Gasteiger partial charge in [0.25, 0.3) is 15.9 Å². The number of carbonyl (C=O) groups excluding carboxylic acids is 1. The highest BCUT2D eigenvalue weighted by Crippen LogP contribution is 2.19. The van der Waals surface area contributed by atoms with Crippen molar-refractivity contribution in [1.82, 2.24) is 5.48 Å². The van der Waals surface area contributed by atoms with E-state index in [2.05, 4.69) is 4.72 Å². The van der Waals surface area contributed by atoms with Crippen LogP contribution < -0.4 is 15.3 Å². The summed E-state index contributed by atoms with van der Waals surface area (Å²) in [6, 6.07) is 10.6. The standard InChI is InChI=1S/C15H15N3O6S2.C2H6/c16-25(21,22)13-7-5-12(6-8-13)18-26(23,24)14-3-1-2-11(10-14)4-9-15(19)17-20;1-2/h1-10,18,20H,(H,17,19)(H2,16,21,22);1-2H3/b9-4+;. The van der Waals surface area contributed by atoms with Crippen LogP contribution in [0, 0.1) is 0 Å². The molecule has 28 heavy (non-hydrogen) atoms. The molecule has 0 saturated carbocycles. The Morgan fingerprint density at radius 2 is 1.61 bits per heavy atom. The molecule has 0 unspecified atom stereocenters. The van der Waals surface area contributed by atoms with E-state index in [9.17, 15) is 21.6 Å². The molecule has 0 heterocycles. The first-order valence-electron chi connectivity index (χ1n) is 8.00. The second kappa shape index (κ2) is 9.99. The Labute approximate surface area is 164 Å². The zero-order chi connectivity index (χ0) is 21.4. The van der Waals surface area contributed by atoms with Crippen LogP contribution in [0.5, 0.6) is 0 Å². The fourth-order valence-electron chi connectivity index (χ4n) is 1.92. The van der Waals surface area contributed by atoms with Crippen molar-refractivity contribution in [3.63, 3.8) is 0 Å². The minimum absolute atomic E-state index is 0.0698. The van der Waals surface area contributed by atoms with E-state index < -0.39 is 26.0 Å². The van der Waals surface area contributed by atoms with Crippen LogP contribution in [-0.4, -0.2) is 28.0 Å². The minimum Gasteiger partial charge on any atom is -0.288 e. The van der Waals surface area contributed by atoms with E-state index in [1.165, 1.54) is 54.0 Å². The van der Waals surface area contributed by atoms with Crippen molar-refractivity contribution in [3.05, 3.63) is 60.2 Å². The Balaban J connectivity index is 0.00000190. The van der Waals surface area contributed by atoms with E-state index in [1.54, 1.807) is 6.07 Å². The third kappa shape index (κ3) is 6.78. The number of sulfonamides is 2. The van der Waals surface area contributed by atoms with Crippen LogP contribution in [0.4, 0.5) is 5.69 Å². The molecule has 0 spiro atoms. The average molecular weight is 428 g/mol. The molecule has 0 aliphatic rings. The first kappa shape index (κ1) is 23.3. The van der Waals surface area contributed by atoms with Gasteiger partial charge in [-0.05, 0) is 48.0 Å². The molecule has 5 N–H and O–H groups in total. The van der Waals surface area contributed by atoms with Gasteiger partial charge < -0.3 is 0 Å². The molecule has 0 fully saturated rings. The zero-order valence-electron chi connectivity index (χ0n) is 15.2. The molecule has 0 saturated heterocycles. The molecule has 2 aromatic rings. The number of carbonyl (C=O) groups is 1. The maximum absolute atomic E-state index is 12.4. The molecule has 2 aromatic carbocycles. The molecule has 11 heteroatoms. The number of hydrogen-bond acceptors (Lipinski definition) is 6. The van der Waals surface area contributed by atoms with Gasteiger partial charge in [0.1, 0.15) is 0 Å². The SMILES string of the molecule is CC.NS(=O)(=O)c1ccc(NS(=O)(=O)c2cccc(/C=C/C(=O)NO)c2)cc1. The molecule has 0 atom stereocenters. The highest BCUT2D eigenvalue weighted by molar-refractivity contribution is 7.92. The average Bonchev–Trinajstić information content (AvgIpc) is 2.67. The van der Waals surface area contributed by atoms with E-state index in [0.29, 0.717) is 5.56 Å². The van der Waals surface area contributed by atoms with Crippen molar-refractivity contribution >= 4 is 37.7 Å². The first-order valence-corrected chi connectivity index (χ1v) is 11.0. The summed E-state index contributed by atoms with van der Waals surface area (Å²) < 4.78 is 49.6. The summed E-state index contributed by atoms with van der Waals surface area (Å²) >= 11 is 0. The number of primary sulfonamides is 1. The lowest BCUT2D eigenvalue weighted by molar-refractivity contribution is -0.124. The van der Waals surface area contributed by atoms with Gasteiger partial charge in [-0.25, -0.2) is 27.5 Å². The summed E-state index contributed by atoms with van der Waals surface area (Å²) in [6.07, 6.45) is 2.36. The Hall–Kier alpha value is -2.73. The maximum atomic E-state index is 12.4. The number of amides is 1. The fraction of sp³-hybridized carbons (Fsp3) is 0.118. The lowest BCUT2D eigenvalue weighted by Crippen LogP contribution is -2.15. The summed E-state index contributed by atoms with van der Waals surface area (Å²) in [5, 5.41) is 13.4. The van der Waals surface area contributed by atoms with Crippen molar-refractivity contribution in [2.45, 2.75) is 23.6 Å². The second-order valence-corrected chi connectivity index (χ2v) is 8.30. The molecule has 0 aliphatic carbocycles. The molecule has 152 valence electrons. The van der Waals surface area contributed by atoms with Crippen LogP contribution in [0.25, 0.3) is 6.08 Å². The van der Waals surface area contributed by atoms with Crippen molar-refractivity contribution in [2.24, 2.45) is 5.14 Å². The van der Waals surface area contributed by atoms with Crippen LogP contribution in [0.2, 0.25) is 0 Å². The van der Waals surface area contributed by atoms with Gasteiger partial charge in [-0.2, -0.15) is 0 Å². The number of hydroxylamine groups is 1. The van der Waals surface area contributed by atoms with Gasteiger partial charge in [-0.15, -0.1) is 0 Å². The molecular formula is C17H21N3O6S2. The van der Waals surface area contributed by atoms with Gasteiger partial charge in [0.05, 0.1) is 9.79 Å². The van der Waals surface area contributed by atoms with E-state index >= 15 is 0 Å². The topological polar surface area (TPSA) is 156 Å². The predicted octanol–water partition coefficient (Wildman–Crippen LogP) is 1.68. The third-order valence-electron chi connectivity index (χ3n) is 3.14. The van der Waals surface area contributed by atoms with Crippen molar-refractivity contribution in [2.75, 3.05) is 4.72 Å². The number of nitrogens with two attached hydrogens (primary N) is 1. The Bertz CT molecular complexity index is 1050. The lowest BCUT2D eigenvalue weighted by Gasteiger charge is -2.09. The summed E-state index contributed by atoms with van der Waals surface area (Å²) in [5.41, 5.74) is 1.99. The van der Waals surface area contributed by atoms with E-state index in [4.69, 9.17) is 10.3 Å². The maximum Gasteiger partial charge on any atom is 0.267 e. The monoisotopic (exact) mass is 427 g/mol. The first-order chi connectivity index (χ1) is 13.1. The predicted molar refractivity (Wildman–Crippen MR) is 105 cm³/mol. The van der Waals surface area contributed by atoms with Crippen LogP contribution in [0.3, 0.4) is 0 Å². The minimum atomic E-state index is -3.94. The Morgan fingerprint density at radius 1 is 1.00 bits per heavy atom. The highest BCUT2D eigenvalue weighted by Gasteiger charge is 2.15. The molecule has 0 aliphatic heterocycles. The molecule has 0 radical (unpaired) electrons.